The van der Waals surface area contributed by atoms with Crippen molar-refractivity contribution < 1.29 is 9.90 Å². The molecule has 5 rings (SSSR count). The van der Waals surface area contributed by atoms with Crippen LogP contribution in [0.2, 0.25) is 0 Å². The molecular formula is C24H21N5O3. The maximum atomic E-state index is 12.7. The van der Waals surface area contributed by atoms with Crippen molar-refractivity contribution in [1.82, 2.24) is 20.1 Å². The number of amides is 1. The van der Waals surface area contributed by atoms with E-state index in [0.717, 1.165) is 11.1 Å². The van der Waals surface area contributed by atoms with Gasteiger partial charge in [-0.3, -0.25) is 9.78 Å². The van der Waals surface area contributed by atoms with Crippen LogP contribution in [0, 0.1) is 0 Å². The number of hydrogen-bond acceptors (Lipinski definition) is 5. The molecule has 0 fully saturated rings. The molecule has 2 atom stereocenters. The molecule has 3 aromatic carbocycles. The van der Waals surface area contributed by atoms with Crippen LogP contribution in [0.5, 0.6) is 0 Å². The van der Waals surface area contributed by atoms with Crippen molar-refractivity contribution in [2.75, 3.05) is 5.32 Å². The second-order valence-corrected chi connectivity index (χ2v) is 7.65. The van der Waals surface area contributed by atoms with Crippen molar-refractivity contribution in [3.63, 3.8) is 0 Å². The predicted octanol–water partition coefficient (Wildman–Crippen LogP) is 2.69. The Balaban J connectivity index is 1.28. The van der Waals surface area contributed by atoms with E-state index in [4.69, 9.17) is 0 Å². The molecule has 0 radical (unpaired) electrons. The second kappa shape index (κ2) is 8.16. The summed E-state index contributed by atoms with van der Waals surface area (Å²) in [5.74, 6) is 0.0285. The molecule has 0 saturated heterocycles. The molecule has 8 heteroatoms. The Kier molecular flexibility index (Phi) is 5.04. The summed E-state index contributed by atoms with van der Waals surface area (Å²) in [5, 5.41) is 20.6. The lowest BCUT2D eigenvalue weighted by molar-refractivity contribution is 0.0858. The van der Waals surface area contributed by atoms with E-state index in [1.54, 1.807) is 36.4 Å². The molecule has 0 unspecified atom stereocenters. The lowest BCUT2D eigenvalue weighted by Gasteiger charge is -2.18. The van der Waals surface area contributed by atoms with E-state index in [-0.39, 0.29) is 11.6 Å². The number of nitrogens with one attached hydrogen (secondary N) is 3. The second-order valence-electron chi connectivity index (χ2n) is 7.65. The molecule has 4 aromatic rings. The van der Waals surface area contributed by atoms with Gasteiger partial charge in [-0.2, -0.15) is 4.68 Å². The number of aliphatic hydroxyl groups is 1. The highest BCUT2D eigenvalue weighted by atomic mass is 16.3. The van der Waals surface area contributed by atoms with Gasteiger partial charge in [0.25, 0.3) is 5.91 Å². The van der Waals surface area contributed by atoms with Crippen LogP contribution < -0.4 is 16.3 Å². The van der Waals surface area contributed by atoms with E-state index in [1.807, 2.05) is 42.5 Å². The van der Waals surface area contributed by atoms with Crippen LogP contribution in [0.15, 0.2) is 83.7 Å². The highest BCUT2D eigenvalue weighted by Gasteiger charge is 2.32. The number of carbonyl (C=O) groups excluding carboxylic acids is 1. The highest BCUT2D eigenvalue weighted by Crippen LogP contribution is 2.31. The predicted molar refractivity (Wildman–Crippen MR) is 120 cm³/mol. The first kappa shape index (κ1) is 19.8. The third-order valence-corrected chi connectivity index (χ3v) is 5.52. The summed E-state index contributed by atoms with van der Waals surface area (Å²) in [6, 6.07) is 23.2. The van der Waals surface area contributed by atoms with Crippen molar-refractivity contribution in [2.45, 2.75) is 18.6 Å². The van der Waals surface area contributed by atoms with Gasteiger partial charge in [-0.1, -0.05) is 42.5 Å². The topological polar surface area (TPSA) is 112 Å². The van der Waals surface area contributed by atoms with Gasteiger partial charge in [-0.25, -0.2) is 4.79 Å². The van der Waals surface area contributed by atoms with Crippen molar-refractivity contribution in [3.8, 4) is 5.69 Å². The lowest BCUT2D eigenvalue weighted by Crippen LogP contribution is -2.33. The van der Waals surface area contributed by atoms with Crippen LogP contribution in [0.1, 0.15) is 27.5 Å². The number of hydrogen-bond donors (Lipinski definition) is 4. The van der Waals surface area contributed by atoms with E-state index in [0.29, 0.717) is 29.3 Å². The zero-order valence-electron chi connectivity index (χ0n) is 17.0. The third kappa shape index (κ3) is 3.79. The summed E-state index contributed by atoms with van der Waals surface area (Å²) in [7, 11) is 0. The van der Waals surface area contributed by atoms with Crippen LogP contribution >= 0.6 is 0 Å². The first-order valence-corrected chi connectivity index (χ1v) is 10.3. The van der Waals surface area contributed by atoms with Crippen molar-refractivity contribution >= 4 is 17.5 Å². The maximum absolute atomic E-state index is 12.7. The summed E-state index contributed by atoms with van der Waals surface area (Å²) in [6.45, 7) is 0. The Labute approximate surface area is 183 Å². The minimum absolute atomic E-state index is 0.265. The van der Waals surface area contributed by atoms with Crippen LogP contribution in [0.25, 0.3) is 5.69 Å². The van der Waals surface area contributed by atoms with Gasteiger partial charge in [0.15, 0.2) is 0 Å². The van der Waals surface area contributed by atoms with E-state index in [2.05, 4.69) is 20.7 Å². The number of rotatable bonds is 5. The minimum atomic E-state index is -0.645. The van der Waals surface area contributed by atoms with Gasteiger partial charge < -0.3 is 15.7 Å². The SMILES string of the molecule is O=C(N[C@@H]1c2ccccc2C[C@@H]1O)c1ccc(Nc2nn(-c3ccccc3)c(=O)[nH]2)cc1. The molecule has 160 valence electrons. The number of nitrogens with zero attached hydrogens (tertiary/aromatic N) is 2. The number of aromatic nitrogens is 3. The number of para-hydroxylation sites is 1. The molecule has 8 nitrogen and oxygen atoms in total. The Bertz CT molecular complexity index is 1310. The minimum Gasteiger partial charge on any atom is -0.390 e. The van der Waals surface area contributed by atoms with Crippen LogP contribution in [0.3, 0.4) is 0 Å². The quantitative estimate of drug-likeness (QED) is 0.391. The molecule has 1 aliphatic rings. The third-order valence-electron chi connectivity index (χ3n) is 5.52. The molecule has 4 N–H and O–H groups in total. The van der Waals surface area contributed by atoms with Crippen molar-refractivity contribution in [3.05, 3.63) is 106 Å². The molecule has 32 heavy (non-hydrogen) atoms. The van der Waals surface area contributed by atoms with Crippen LogP contribution in [0.4, 0.5) is 11.6 Å². The van der Waals surface area contributed by atoms with E-state index in [9.17, 15) is 14.7 Å². The number of anilines is 2. The Hall–Kier alpha value is -4.17. The van der Waals surface area contributed by atoms with Gasteiger partial charge in [0.1, 0.15) is 0 Å². The molecular weight excluding hydrogens is 406 g/mol. The largest absolute Gasteiger partial charge is 0.390 e. The van der Waals surface area contributed by atoms with Gasteiger partial charge in [-0.15, -0.1) is 5.10 Å². The number of benzene rings is 3. The number of aromatic amines is 1. The first-order chi connectivity index (χ1) is 15.6. The Morgan fingerprint density at radius 2 is 1.72 bits per heavy atom. The van der Waals surface area contributed by atoms with Gasteiger partial charge >= 0.3 is 5.69 Å². The summed E-state index contributed by atoms with van der Waals surface area (Å²) in [4.78, 5) is 27.6. The summed E-state index contributed by atoms with van der Waals surface area (Å²) in [5.41, 5.74) is 3.44. The van der Waals surface area contributed by atoms with Crippen LogP contribution in [-0.4, -0.2) is 31.9 Å². The average molecular weight is 427 g/mol. The Morgan fingerprint density at radius 1 is 1.00 bits per heavy atom. The zero-order chi connectivity index (χ0) is 22.1. The molecule has 0 bridgehead atoms. The molecule has 0 spiro atoms. The summed E-state index contributed by atoms with van der Waals surface area (Å²) in [6.07, 6.45) is -0.119. The number of H-pyrrole nitrogens is 1. The maximum Gasteiger partial charge on any atom is 0.349 e. The standard InChI is InChI=1S/C24H21N5O3/c30-20-14-16-6-4-5-9-19(16)21(20)26-22(31)15-10-12-17(13-11-15)25-23-27-24(32)29(28-23)18-7-2-1-3-8-18/h1-13,20-21,30H,14H2,(H,26,31)(H2,25,27,28,32)/t20-,21+/m0/s1. The van der Waals surface area contributed by atoms with Crippen LogP contribution in [-0.2, 0) is 6.42 Å². The monoisotopic (exact) mass is 427 g/mol. The van der Waals surface area contributed by atoms with Crippen molar-refractivity contribution in [1.29, 1.82) is 0 Å². The van der Waals surface area contributed by atoms with E-state index in [1.165, 1.54) is 4.68 Å². The summed E-state index contributed by atoms with van der Waals surface area (Å²) >= 11 is 0. The normalized spacial score (nSPS) is 17.0. The van der Waals surface area contributed by atoms with Gasteiger partial charge in [0.05, 0.1) is 17.8 Å². The van der Waals surface area contributed by atoms with E-state index < -0.39 is 12.1 Å². The Morgan fingerprint density at radius 3 is 2.50 bits per heavy atom. The highest BCUT2D eigenvalue weighted by molar-refractivity contribution is 5.95. The molecule has 1 heterocycles. The number of carbonyl (C=O) groups is 1. The molecule has 1 amide bonds. The smallest absolute Gasteiger partial charge is 0.349 e. The first-order valence-electron chi connectivity index (χ1n) is 10.3. The molecule has 0 saturated carbocycles. The van der Waals surface area contributed by atoms with Gasteiger partial charge in [-0.05, 0) is 47.5 Å². The fourth-order valence-corrected chi connectivity index (χ4v) is 3.94. The molecule has 1 aliphatic carbocycles. The fraction of sp³-hybridized carbons (Fsp3) is 0.125. The number of aliphatic hydroxyl groups excluding tert-OH is 1. The lowest BCUT2D eigenvalue weighted by atomic mass is 10.1. The fourth-order valence-electron chi connectivity index (χ4n) is 3.94. The summed E-state index contributed by atoms with van der Waals surface area (Å²) < 4.78 is 1.27. The average Bonchev–Trinajstić information content (AvgIpc) is 3.33. The molecule has 0 aliphatic heterocycles. The van der Waals surface area contributed by atoms with Gasteiger partial charge in [0.2, 0.25) is 5.95 Å². The van der Waals surface area contributed by atoms with E-state index >= 15 is 0 Å². The number of fused-ring (bicyclic) bond motifs is 1. The van der Waals surface area contributed by atoms with Gasteiger partial charge in [0, 0.05) is 17.7 Å². The zero-order valence-corrected chi connectivity index (χ0v) is 17.0. The molecule has 1 aromatic heterocycles. The van der Waals surface area contributed by atoms with Crippen molar-refractivity contribution in [2.24, 2.45) is 0 Å².